The average Bonchev–Trinajstić information content (AvgIpc) is 2.91. The molecule has 1 N–H and O–H groups in total. The minimum Gasteiger partial charge on any atom is -0.352 e. The fourth-order valence-corrected chi connectivity index (χ4v) is 5.75. The third-order valence-electron chi connectivity index (χ3n) is 6.17. The number of hydrogen-bond acceptors (Lipinski definition) is 4. The first-order valence-electron chi connectivity index (χ1n) is 12.2. The van der Waals surface area contributed by atoms with Gasteiger partial charge in [0.25, 0.3) is 10.0 Å². The number of carbonyl (C=O) groups excluding carboxylic acids is 2. The van der Waals surface area contributed by atoms with Crippen molar-refractivity contribution in [3.8, 4) is 0 Å². The predicted molar refractivity (Wildman–Crippen MR) is 154 cm³/mol. The van der Waals surface area contributed by atoms with Crippen molar-refractivity contribution in [2.45, 2.75) is 50.7 Å². The minimum atomic E-state index is -4.11. The second-order valence-electron chi connectivity index (χ2n) is 8.91. The average molecular weight is 621 g/mol. The summed E-state index contributed by atoms with van der Waals surface area (Å²) in [5.74, 6) is -0.879. The Morgan fingerprint density at radius 3 is 2.26 bits per heavy atom. The van der Waals surface area contributed by atoms with Crippen LogP contribution in [0.3, 0.4) is 0 Å². The summed E-state index contributed by atoms with van der Waals surface area (Å²) < 4.78 is 29.2. The van der Waals surface area contributed by atoms with Crippen LogP contribution in [0.1, 0.15) is 32.8 Å². The van der Waals surface area contributed by atoms with Crippen molar-refractivity contribution in [1.29, 1.82) is 0 Å². The van der Waals surface area contributed by atoms with Gasteiger partial charge >= 0.3 is 0 Å². The molecular formula is C28H31BrClN3O4S. The van der Waals surface area contributed by atoms with Crippen molar-refractivity contribution in [3.63, 3.8) is 0 Å². The first kappa shape index (κ1) is 29.7. The summed E-state index contributed by atoms with van der Waals surface area (Å²) in [5, 5.41) is 3.35. The van der Waals surface area contributed by atoms with Crippen LogP contribution in [-0.4, -0.2) is 43.8 Å². The Morgan fingerprint density at radius 2 is 1.63 bits per heavy atom. The molecule has 2 amide bonds. The van der Waals surface area contributed by atoms with Gasteiger partial charge in [-0.05, 0) is 62.2 Å². The van der Waals surface area contributed by atoms with Gasteiger partial charge < -0.3 is 10.2 Å². The van der Waals surface area contributed by atoms with Gasteiger partial charge in [0, 0.05) is 22.1 Å². The van der Waals surface area contributed by atoms with E-state index in [2.05, 4.69) is 21.2 Å². The largest absolute Gasteiger partial charge is 0.352 e. The first-order chi connectivity index (χ1) is 18.0. The molecule has 3 aromatic rings. The lowest BCUT2D eigenvalue weighted by Crippen LogP contribution is -2.52. The fourth-order valence-electron chi connectivity index (χ4n) is 3.74. The molecule has 0 saturated carbocycles. The molecule has 0 fully saturated rings. The number of carbonyl (C=O) groups is 2. The molecule has 0 aliphatic rings. The number of hydrogen-bond donors (Lipinski definition) is 1. The zero-order valence-electron chi connectivity index (χ0n) is 21.5. The van der Waals surface area contributed by atoms with Gasteiger partial charge in [0.2, 0.25) is 11.8 Å². The molecule has 38 heavy (non-hydrogen) atoms. The van der Waals surface area contributed by atoms with Gasteiger partial charge in [0.15, 0.2) is 0 Å². The zero-order chi connectivity index (χ0) is 27.9. The molecule has 0 radical (unpaired) electrons. The van der Waals surface area contributed by atoms with Crippen LogP contribution in [-0.2, 0) is 26.2 Å². The van der Waals surface area contributed by atoms with Gasteiger partial charge in [-0.1, -0.05) is 76.9 Å². The van der Waals surface area contributed by atoms with Crippen LogP contribution in [0.4, 0.5) is 5.69 Å². The number of halogens is 2. The van der Waals surface area contributed by atoms with Gasteiger partial charge in [-0.2, -0.15) is 0 Å². The molecule has 0 spiro atoms. The Labute approximate surface area is 238 Å². The lowest BCUT2D eigenvalue weighted by molar-refractivity contribution is -0.139. The molecule has 3 rings (SSSR count). The van der Waals surface area contributed by atoms with Crippen molar-refractivity contribution < 1.29 is 18.0 Å². The van der Waals surface area contributed by atoms with Gasteiger partial charge in [0.1, 0.15) is 12.6 Å². The fraction of sp³-hybridized carbons (Fsp3) is 0.286. The highest BCUT2D eigenvalue weighted by molar-refractivity contribution is 9.10. The van der Waals surface area contributed by atoms with E-state index in [1.54, 1.807) is 73.7 Å². The third kappa shape index (κ3) is 7.36. The second-order valence-corrected chi connectivity index (χ2v) is 12.1. The maximum Gasteiger partial charge on any atom is 0.264 e. The summed E-state index contributed by atoms with van der Waals surface area (Å²) in [5.41, 5.74) is 0.955. The van der Waals surface area contributed by atoms with Gasteiger partial charge in [-0.15, -0.1) is 0 Å². The smallest absolute Gasteiger partial charge is 0.264 e. The highest BCUT2D eigenvalue weighted by atomic mass is 79.9. The minimum absolute atomic E-state index is 0.0330. The molecule has 10 heteroatoms. The lowest BCUT2D eigenvalue weighted by Gasteiger charge is -2.32. The molecule has 0 heterocycles. The maximum atomic E-state index is 13.9. The van der Waals surface area contributed by atoms with Gasteiger partial charge in [0.05, 0.1) is 10.6 Å². The van der Waals surface area contributed by atoms with E-state index in [1.165, 1.54) is 17.0 Å². The van der Waals surface area contributed by atoms with E-state index in [0.717, 1.165) is 10.7 Å². The van der Waals surface area contributed by atoms with Crippen molar-refractivity contribution >= 4 is 55.1 Å². The number of rotatable bonds is 11. The molecule has 0 bridgehead atoms. The standard InChI is InChI=1S/C28H31BrClN3O4S/c1-4-20(2)31-28(35)21(3)32(18-22-11-8-9-16-26(22)30)27(34)19-33(24-13-10-12-23(29)17-24)38(36,37)25-14-6-5-7-15-25/h5-17,20-21H,4,18-19H2,1-3H3,(H,31,35)/t20-,21+/m1/s1. The summed E-state index contributed by atoms with van der Waals surface area (Å²) in [6, 6.07) is 20.7. The summed E-state index contributed by atoms with van der Waals surface area (Å²) in [6.45, 7) is 4.98. The lowest BCUT2D eigenvalue weighted by atomic mass is 10.1. The topological polar surface area (TPSA) is 86.8 Å². The van der Waals surface area contributed by atoms with E-state index < -0.39 is 28.5 Å². The van der Waals surface area contributed by atoms with E-state index in [1.807, 2.05) is 13.8 Å². The van der Waals surface area contributed by atoms with Crippen LogP contribution >= 0.6 is 27.5 Å². The molecule has 0 saturated heterocycles. The number of amides is 2. The molecule has 2 atom stereocenters. The quantitative estimate of drug-likeness (QED) is 0.301. The van der Waals surface area contributed by atoms with Crippen LogP contribution in [0.15, 0.2) is 88.2 Å². The molecule has 3 aromatic carbocycles. The van der Waals surface area contributed by atoms with E-state index >= 15 is 0 Å². The van der Waals surface area contributed by atoms with E-state index in [4.69, 9.17) is 11.6 Å². The monoisotopic (exact) mass is 619 g/mol. The van der Waals surface area contributed by atoms with Crippen molar-refractivity contribution in [2.75, 3.05) is 10.8 Å². The van der Waals surface area contributed by atoms with E-state index in [-0.39, 0.29) is 23.4 Å². The number of sulfonamides is 1. The summed E-state index contributed by atoms with van der Waals surface area (Å²) in [4.78, 5) is 28.4. The molecule has 0 aromatic heterocycles. The van der Waals surface area contributed by atoms with Crippen molar-refractivity contribution in [3.05, 3.63) is 93.9 Å². The van der Waals surface area contributed by atoms with E-state index in [9.17, 15) is 18.0 Å². The molecular weight excluding hydrogens is 590 g/mol. The van der Waals surface area contributed by atoms with Crippen molar-refractivity contribution in [1.82, 2.24) is 10.2 Å². The summed E-state index contributed by atoms with van der Waals surface area (Å²) in [6.07, 6.45) is 0.725. The Balaban J connectivity index is 2.03. The Bertz CT molecular complexity index is 1370. The van der Waals surface area contributed by atoms with Gasteiger partial charge in [-0.3, -0.25) is 13.9 Å². The van der Waals surface area contributed by atoms with Crippen LogP contribution in [0.5, 0.6) is 0 Å². The highest BCUT2D eigenvalue weighted by Crippen LogP contribution is 2.27. The molecule has 7 nitrogen and oxygen atoms in total. The Morgan fingerprint density at radius 1 is 0.974 bits per heavy atom. The number of anilines is 1. The van der Waals surface area contributed by atoms with Crippen LogP contribution < -0.4 is 9.62 Å². The van der Waals surface area contributed by atoms with Crippen LogP contribution in [0.2, 0.25) is 5.02 Å². The third-order valence-corrected chi connectivity index (χ3v) is 8.82. The van der Waals surface area contributed by atoms with Crippen molar-refractivity contribution in [2.24, 2.45) is 0 Å². The Hall–Kier alpha value is -2.88. The SMILES string of the molecule is CC[C@@H](C)NC(=O)[C@H](C)N(Cc1ccccc1Cl)C(=O)CN(c1cccc(Br)c1)S(=O)(=O)c1ccccc1. The Kier molecular flexibility index (Phi) is 10.4. The van der Waals surface area contributed by atoms with Crippen LogP contribution in [0.25, 0.3) is 0 Å². The summed E-state index contributed by atoms with van der Waals surface area (Å²) in [7, 11) is -4.11. The summed E-state index contributed by atoms with van der Waals surface area (Å²) >= 11 is 9.77. The maximum absolute atomic E-state index is 13.9. The first-order valence-corrected chi connectivity index (χ1v) is 14.8. The molecule has 0 unspecified atom stereocenters. The number of nitrogens with one attached hydrogen (secondary N) is 1. The highest BCUT2D eigenvalue weighted by Gasteiger charge is 2.33. The predicted octanol–water partition coefficient (Wildman–Crippen LogP) is 5.63. The molecule has 0 aliphatic carbocycles. The van der Waals surface area contributed by atoms with E-state index in [0.29, 0.717) is 20.7 Å². The molecule has 202 valence electrons. The number of benzene rings is 3. The second kappa shape index (κ2) is 13.3. The van der Waals surface area contributed by atoms with Gasteiger partial charge in [-0.25, -0.2) is 8.42 Å². The molecule has 0 aliphatic heterocycles. The normalized spacial score (nSPS) is 12.9. The number of nitrogens with zero attached hydrogens (tertiary/aromatic N) is 2. The zero-order valence-corrected chi connectivity index (χ0v) is 24.6. The van der Waals surface area contributed by atoms with Crippen LogP contribution in [0, 0.1) is 0 Å².